The molecule has 9 nitrogen and oxygen atoms in total. The Balaban J connectivity index is 0.000000106. The second-order valence-corrected chi connectivity index (χ2v) is 33.9. The Bertz CT molecular complexity index is 8900. The summed E-state index contributed by atoms with van der Waals surface area (Å²) in [5, 5.41) is 24.0. The van der Waals surface area contributed by atoms with Crippen molar-refractivity contribution >= 4 is 174 Å². The van der Waals surface area contributed by atoms with E-state index >= 15 is 0 Å². The Labute approximate surface area is 725 Å². The number of rotatable bonds is 7. The summed E-state index contributed by atoms with van der Waals surface area (Å²) in [6.45, 7) is 6.81. The van der Waals surface area contributed by atoms with Gasteiger partial charge in [0.1, 0.15) is 0 Å². The van der Waals surface area contributed by atoms with Gasteiger partial charge in [0.2, 0.25) is 0 Å². The van der Waals surface area contributed by atoms with Crippen molar-refractivity contribution in [2.24, 2.45) is 7.05 Å². The highest BCUT2D eigenvalue weighted by Crippen LogP contribution is 2.46. The number of hydrogen-bond donors (Lipinski definition) is 0. The first-order valence-corrected chi connectivity index (χ1v) is 43.1. The minimum Gasteiger partial charge on any atom is -0.344 e. The van der Waals surface area contributed by atoms with Crippen LogP contribution in [0.5, 0.6) is 0 Å². The van der Waals surface area contributed by atoms with E-state index < -0.39 is 0 Å². The van der Waals surface area contributed by atoms with E-state index in [1.165, 1.54) is 125 Å². The largest absolute Gasteiger partial charge is 0.344 e. The fraction of sp³-hybridized carbons (Fsp3) is 0.0427. The third-order valence-corrected chi connectivity index (χ3v) is 25.8. The molecule has 0 radical (unpaired) electrons. The van der Waals surface area contributed by atoms with E-state index in [4.69, 9.17) is 29.9 Å². The maximum absolute atomic E-state index is 5.33. The van der Waals surface area contributed by atoms with Crippen molar-refractivity contribution in [2.45, 2.75) is 26.3 Å². The van der Waals surface area contributed by atoms with Crippen LogP contribution in [0.1, 0.15) is 20.8 Å². The smallest absolute Gasteiger partial charge is 0.0979 e. The number of para-hydroxylation sites is 3. The Kier molecular flexibility index (Phi) is 17.2. The van der Waals surface area contributed by atoms with Crippen molar-refractivity contribution in [3.63, 3.8) is 0 Å². The molecule has 26 rings (SSSR count). The van der Waals surface area contributed by atoms with Crippen molar-refractivity contribution in [1.29, 1.82) is 0 Å². The summed E-state index contributed by atoms with van der Waals surface area (Å²) in [7, 11) is 2.14. The molecule has 0 amide bonds. The van der Waals surface area contributed by atoms with Gasteiger partial charge in [-0.1, -0.05) is 328 Å². The standard InChI is InChI=1S/C44H27N3.C38H29N3.C35H23N3/c1-2-15-31-28(12-1)13-11-23-40(31)47-41-22-10-9-19-35(41)38-26-29(24-25-42(38)47)30-14-3-6-18-34(30)39-27-45-43-36-20-7-4-16-32(36)33-17-5-8-21-37(33)44(43)46-39;1-38(2,3)41-34-19-11-10-16-29(34)32-22-24(20-21-35(32)41)25-12-4-7-15-28(25)33-23-39-36-30-17-8-5-13-26(30)27-14-6-9-18-31(27)37(36)40-33;1-38-32-17-9-8-14-27(32)30-20-22(18-19-33(30)38)23-10-2-5-13-26(23)31-21-36-34-28-15-6-3-11-24(28)25-12-4-7-16-29(25)35(34)37-31/h1-27H;4-23H,1-3H3;2-21H,1H3. The molecule has 0 aliphatic rings. The minimum absolute atomic E-state index is 0.0333. The molecule has 126 heavy (non-hydrogen) atoms. The summed E-state index contributed by atoms with van der Waals surface area (Å²) in [6, 6.07) is 138. The van der Waals surface area contributed by atoms with Crippen LogP contribution in [-0.2, 0) is 12.6 Å². The maximum atomic E-state index is 5.33. The van der Waals surface area contributed by atoms with Gasteiger partial charge in [-0.15, -0.1) is 0 Å². The van der Waals surface area contributed by atoms with Gasteiger partial charge in [0.15, 0.2) is 0 Å². The van der Waals surface area contributed by atoms with Crippen molar-refractivity contribution < 1.29 is 0 Å². The molecular weight excluding hydrogens is 1530 g/mol. The lowest BCUT2D eigenvalue weighted by Crippen LogP contribution is -2.21. The van der Waals surface area contributed by atoms with Crippen LogP contribution >= 0.6 is 0 Å². The molecule has 0 spiro atoms. The van der Waals surface area contributed by atoms with E-state index in [-0.39, 0.29) is 5.54 Å². The normalized spacial score (nSPS) is 12.0. The third-order valence-electron chi connectivity index (χ3n) is 25.8. The predicted octanol–water partition coefficient (Wildman–Crippen LogP) is 30.6. The molecule has 0 unspecified atom stereocenters. The zero-order valence-electron chi connectivity index (χ0n) is 69.7. The fourth-order valence-electron chi connectivity index (χ4n) is 20.1. The van der Waals surface area contributed by atoms with Crippen LogP contribution in [0.15, 0.2) is 407 Å². The van der Waals surface area contributed by atoms with E-state index in [9.17, 15) is 0 Å². The lowest BCUT2D eigenvalue weighted by atomic mass is 9.95. The van der Waals surface area contributed by atoms with Gasteiger partial charge < -0.3 is 13.7 Å². The van der Waals surface area contributed by atoms with E-state index in [0.29, 0.717) is 0 Å². The molecule has 0 N–H and O–H groups in total. The lowest BCUT2D eigenvalue weighted by Gasteiger charge is -2.24. The highest BCUT2D eigenvalue weighted by Gasteiger charge is 2.25. The van der Waals surface area contributed by atoms with Gasteiger partial charge in [0.25, 0.3) is 0 Å². The van der Waals surface area contributed by atoms with E-state index in [0.717, 1.165) is 121 Å². The summed E-state index contributed by atoms with van der Waals surface area (Å²) < 4.78 is 7.13. The summed E-state index contributed by atoms with van der Waals surface area (Å²) in [6.07, 6.45) is 5.80. The number of aromatic nitrogens is 9. The first kappa shape index (κ1) is 73.6. The van der Waals surface area contributed by atoms with Crippen molar-refractivity contribution in [3.05, 3.63) is 407 Å². The monoisotopic (exact) mass is 1610 g/mol. The number of hydrogen-bond acceptors (Lipinski definition) is 6. The van der Waals surface area contributed by atoms with Crippen LogP contribution in [0.4, 0.5) is 0 Å². The molecule has 0 aliphatic heterocycles. The van der Waals surface area contributed by atoms with Gasteiger partial charge in [0, 0.05) is 121 Å². The Morgan fingerprint density at radius 3 is 0.881 bits per heavy atom. The zero-order valence-corrected chi connectivity index (χ0v) is 69.7. The predicted molar refractivity (Wildman–Crippen MR) is 530 cm³/mol. The van der Waals surface area contributed by atoms with Gasteiger partial charge in [0.05, 0.1) is 85.5 Å². The maximum Gasteiger partial charge on any atom is 0.0979 e. The zero-order chi connectivity index (χ0) is 83.8. The number of benzene rings is 20. The van der Waals surface area contributed by atoms with Crippen LogP contribution in [-0.4, -0.2) is 43.6 Å². The average molecular weight is 1610 g/mol. The molecule has 592 valence electrons. The lowest BCUT2D eigenvalue weighted by molar-refractivity contribution is 0.423. The van der Waals surface area contributed by atoms with Crippen LogP contribution < -0.4 is 0 Å². The molecule has 0 saturated heterocycles. The topological polar surface area (TPSA) is 92.1 Å². The Morgan fingerprint density at radius 2 is 0.468 bits per heavy atom. The van der Waals surface area contributed by atoms with Crippen LogP contribution in [0, 0.1) is 0 Å². The number of nitrogens with zero attached hydrogens (tertiary/aromatic N) is 9. The molecule has 0 aliphatic carbocycles. The van der Waals surface area contributed by atoms with Gasteiger partial charge >= 0.3 is 0 Å². The highest BCUT2D eigenvalue weighted by atomic mass is 15.0. The molecule has 0 atom stereocenters. The van der Waals surface area contributed by atoms with Crippen LogP contribution in [0.2, 0.25) is 0 Å². The van der Waals surface area contributed by atoms with Gasteiger partial charge in [-0.2, -0.15) is 0 Å². The summed E-state index contributed by atoms with van der Waals surface area (Å²) in [4.78, 5) is 31.0. The summed E-state index contributed by atoms with van der Waals surface area (Å²) in [5.74, 6) is 0. The average Bonchev–Trinajstić information content (AvgIpc) is 1.66. The molecule has 20 aromatic carbocycles. The molecular formula is C117H79N9. The quantitative estimate of drug-likeness (QED) is 0.148. The van der Waals surface area contributed by atoms with E-state index in [1.807, 2.05) is 18.6 Å². The first-order chi connectivity index (χ1) is 62.1. The van der Waals surface area contributed by atoms with E-state index in [1.54, 1.807) is 0 Å². The molecule has 9 heteroatoms. The third kappa shape index (κ3) is 11.9. The molecule has 6 aromatic heterocycles. The minimum atomic E-state index is -0.0333. The molecule has 26 aromatic rings. The van der Waals surface area contributed by atoms with Crippen molar-refractivity contribution in [2.75, 3.05) is 0 Å². The molecule has 0 saturated carbocycles. The molecule has 6 heterocycles. The van der Waals surface area contributed by atoms with Gasteiger partial charge in [-0.3, -0.25) is 15.0 Å². The van der Waals surface area contributed by atoms with Crippen LogP contribution in [0.25, 0.3) is 247 Å². The fourth-order valence-corrected chi connectivity index (χ4v) is 20.1. The van der Waals surface area contributed by atoms with Crippen molar-refractivity contribution in [3.8, 4) is 72.8 Å². The number of fused-ring (bicyclic) bond motifs is 28. The molecule has 0 fully saturated rings. The van der Waals surface area contributed by atoms with Gasteiger partial charge in [-0.05, 0) is 153 Å². The highest BCUT2D eigenvalue weighted by molar-refractivity contribution is 6.26. The summed E-state index contributed by atoms with van der Waals surface area (Å²) >= 11 is 0. The first-order valence-electron chi connectivity index (χ1n) is 43.1. The van der Waals surface area contributed by atoms with Crippen LogP contribution in [0.3, 0.4) is 0 Å². The second kappa shape index (κ2) is 29.5. The van der Waals surface area contributed by atoms with E-state index in [2.05, 4.69) is 430 Å². The molecule has 0 bridgehead atoms. The second-order valence-electron chi connectivity index (χ2n) is 33.9. The number of aryl methyl sites for hydroxylation is 1. The SMILES string of the molecule is CC(C)(C)n1c2ccccc2c2cc(-c3ccccc3-c3cnc4c5ccccc5c5ccccc5c4n3)ccc21.Cn1c2ccccc2c2cc(-c3ccccc3-c3cnc4c5ccccc5c5ccccc5c4n3)ccc21.c1ccc(-c2cnc3c4ccccc4c4ccccc4c3n2)c(-c2ccc3c(c2)c2ccccc2n3-c2cccc3ccccc23)c1. The Hall–Kier alpha value is -16.4. The summed E-state index contributed by atoms with van der Waals surface area (Å²) in [5.41, 5.74) is 27.0. The Morgan fingerprint density at radius 1 is 0.206 bits per heavy atom. The van der Waals surface area contributed by atoms with Gasteiger partial charge in [-0.25, -0.2) is 15.0 Å². The van der Waals surface area contributed by atoms with Crippen molar-refractivity contribution in [1.82, 2.24) is 43.6 Å².